The molecule has 18 heavy (non-hydrogen) atoms. The van der Waals surface area contributed by atoms with Crippen LogP contribution in [0, 0.1) is 0 Å². The van der Waals surface area contributed by atoms with Crippen molar-refractivity contribution < 1.29 is 9.53 Å². The van der Waals surface area contributed by atoms with Crippen molar-refractivity contribution in [1.82, 2.24) is 4.98 Å². The molecule has 2 aromatic rings. The standard InChI is InChI=1S/C14H16N2O2/c17-14(18-12-3-1-2-4-12)16-11-6-5-10-7-8-15-13(10)9-11/h5-9,12,15H,1-4H2,(H,16,17). The lowest BCUT2D eigenvalue weighted by molar-refractivity contribution is 0.114. The van der Waals surface area contributed by atoms with E-state index < -0.39 is 0 Å². The number of hydrogen-bond donors (Lipinski definition) is 2. The summed E-state index contributed by atoms with van der Waals surface area (Å²) in [6.45, 7) is 0. The minimum atomic E-state index is -0.354. The molecular weight excluding hydrogens is 228 g/mol. The molecule has 0 unspecified atom stereocenters. The Balaban J connectivity index is 1.65. The van der Waals surface area contributed by atoms with E-state index in [0.29, 0.717) is 0 Å². The van der Waals surface area contributed by atoms with E-state index in [0.717, 1.165) is 42.3 Å². The smallest absolute Gasteiger partial charge is 0.411 e. The summed E-state index contributed by atoms with van der Waals surface area (Å²) in [6, 6.07) is 7.75. The molecule has 4 nitrogen and oxygen atoms in total. The Hall–Kier alpha value is -1.97. The van der Waals surface area contributed by atoms with Gasteiger partial charge in [0.15, 0.2) is 0 Å². The van der Waals surface area contributed by atoms with Crippen LogP contribution in [0.25, 0.3) is 10.9 Å². The Labute approximate surface area is 105 Å². The average molecular weight is 244 g/mol. The highest BCUT2D eigenvalue weighted by Gasteiger charge is 2.19. The molecule has 1 fully saturated rings. The summed E-state index contributed by atoms with van der Waals surface area (Å²) in [5.41, 5.74) is 1.77. The number of amides is 1. The van der Waals surface area contributed by atoms with E-state index in [2.05, 4.69) is 10.3 Å². The van der Waals surface area contributed by atoms with Gasteiger partial charge in [-0.3, -0.25) is 5.32 Å². The van der Waals surface area contributed by atoms with Gasteiger partial charge in [0.05, 0.1) is 0 Å². The van der Waals surface area contributed by atoms with E-state index in [4.69, 9.17) is 4.74 Å². The second kappa shape index (κ2) is 4.72. The van der Waals surface area contributed by atoms with Gasteiger partial charge in [0, 0.05) is 17.4 Å². The third-order valence-electron chi connectivity index (χ3n) is 3.38. The Kier molecular flexibility index (Phi) is 2.92. The lowest BCUT2D eigenvalue weighted by atomic mass is 10.2. The van der Waals surface area contributed by atoms with Crippen molar-refractivity contribution >= 4 is 22.7 Å². The number of carbonyl (C=O) groups excluding carboxylic acids is 1. The molecule has 1 aromatic heterocycles. The van der Waals surface area contributed by atoms with E-state index in [1.165, 1.54) is 0 Å². The maximum Gasteiger partial charge on any atom is 0.411 e. The number of benzene rings is 1. The van der Waals surface area contributed by atoms with Gasteiger partial charge in [-0.25, -0.2) is 4.79 Å². The predicted molar refractivity (Wildman–Crippen MR) is 70.7 cm³/mol. The van der Waals surface area contributed by atoms with Gasteiger partial charge in [-0.2, -0.15) is 0 Å². The first-order valence-corrected chi connectivity index (χ1v) is 6.36. The fourth-order valence-electron chi connectivity index (χ4n) is 2.43. The Morgan fingerprint density at radius 2 is 2.11 bits per heavy atom. The highest BCUT2D eigenvalue weighted by Crippen LogP contribution is 2.22. The van der Waals surface area contributed by atoms with Crippen molar-refractivity contribution in [3.05, 3.63) is 30.5 Å². The quantitative estimate of drug-likeness (QED) is 0.847. The normalized spacial score (nSPS) is 16.0. The Bertz CT molecular complexity index is 556. The molecule has 1 saturated carbocycles. The van der Waals surface area contributed by atoms with Crippen LogP contribution in [-0.4, -0.2) is 17.2 Å². The number of anilines is 1. The van der Waals surface area contributed by atoms with Gasteiger partial charge < -0.3 is 9.72 Å². The van der Waals surface area contributed by atoms with Gasteiger partial charge in [0.1, 0.15) is 6.10 Å². The van der Waals surface area contributed by atoms with Crippen molar-refractivity contribution in [3.8, 4) is 0 Å². The molecule has 1 amide bonds. The molecule has 0 aliphatic heterocycles. The van der Waals surface area contributed by atoms with E-state index in [1.54, 1.807) is 0 Å². The van der Waals surface area contributed by atoms with E-state index in [9.17, 15) is 4.79 Å². The number of H-pyrrole nitrogens is 1. The van der Waals surface area contributed by atoms with Crippen LogP contribution in [0.3, 0.4) is 0 Å². The maximum absolute atomic E-state index is 11.7. The van der Waals surface area contributed by atoms with Crippen LogP contribution in [0.15, 0.2) is 30.5 Å². The second-order valence-corrected chi connectivity index (χ2v) is 4.72. The number of hydrogen-bond acceptors (Lipinski definition) is 2. The minimum Gasteiger partial charge on any atom is -0.446 e. The summed E-state index contributed by atoms with van der Waals surface area (Å²) in [7, 11) is 0. The second-order valence-electron chi connectivity index (χ2n) is 4.72. The molecule has 1 aromatic carbocycles. The first-order chi connectivity index (χ1) is 8.81. The van der Waals surface area contributed by atoms with Gasteiger partial charge in [-0.1, -0.05) is 6.07 Å². The van der Waals surface area contributed by atoms with Crippen molar-refractivity contribution in [3.63, 3.8) is 0 Å². The Morgan fingerprint density at radius 1 is 1.28 bits per heavy atom. The average Bonchev–Trinajstić information content (AvgIpc) is 2.98. The van der Waals surface area contributed by atoms with Crippen LogP contribution >= 0.6 is 0 Å². The molecule has 1 heterocycles. The summed E-state index contributed by atoms with van der Waals surface area (Å²) >= 11 is 0. The predicted octanol–water partition coefficient (Wildman–Crippen LogP) is 3.66. The molecule has 0 saturated heterocycles. The van der Waals surface area contributed by atoms with Crippen LogP contribution in [0.2, 0.25) is 0 Å². The van der Waals surface area contributed by atoms with E-state index in [-0.39, 0.29) is 12.2 Å². The summed E-state index contributed by atoms with van der Waals surface area (Å²) in [5, 5.41) is 3.90. The lowest BCUT2D eigenvalue weighted by Crippen LogP contribution is -2.20. The number of aromatic amines is 1. The molecular formula is C14H16N2O2. The molecule has 0 radical (unpaired) electrons. The molecule has 2 N–H and O–H groups in total. The number of nitrogens with one attached hydrogen (secondary N) is 2. The van der Waals surface area contributed by atoms with Crippen molar-refractivity contribution in [2.24, 2.45) is 0 Å². The zero-order valence-corrected chi connectivity index (χ0v) is 10.1. The fourth-order valence-corrected chi connectivity index (χ4v) is 2.43. The number of aromatic nitrogens is 1. The van der Waals surface area contributed by atoms with Gasteiger partial charge in [0.2, 0.25) is 0 Å². The molecule has 94 valence electrons. The number of fused-ring (bicyclic) bond motifs is 1. The fraction of sp³-hybridized carbons (Fsp3) is 0.357. The van der Waals surface area contributed by atoms with Gasteiger partial charge >= 0.3 is 6.09 Å². The van der Waals surface area contributed by atoms with Crippen molar-refractivity contribution in [1.29, 1.82) is 0 Å². The maximum atomic E-state index is 11.7. The largest absolute Gasteiger partial charge is 0.446 e. The topological polar surface area (TPSA) is 54.1 Å². The SMILES string of the molecule is O=C(Nc1ccc2cc[nH]c2c1)OC1CCCC1. The summed E-state index contributed by atoms with van der Waals surface area (Å²) in [4.78, 5) is 14.8. The van der Waals surface area contributed by atoms with E-state index >= 15 is 0 Å². The highest BCUT2D eigenvalue weighted by molar-refractivity contribution is 5.89. The Morgan fingerprint density at radius 3 is 2.94 bits per heavy atom. The zero-order chi connectivity index (χ0) is 12.4. The number of ether oxygens (including phenoxy) is 1. The summed E-state index contributed by atoms with van der Waals surface area (Å²) in [5.74, 6) is 0. The third-order valence-corrected chi connectivity index (χ3v) is 3.38. The molecule has 1 aliphatic rings. The molecule has 4 heteroatoms. The summed E-state index contributed by atoms with van der Waals surface area (Å²) < 4.78 is 5.35. The molecule has 1 aliphatic carbocycles. The number of carbonyl (C=O) groups is 1. The van der Waals surface area contributed by atoms with Crippen molar-refractivity contribution in [2.45, 2.75) is 31.8 Å². The zero-order valence-electron chi connectivity index (χ0n) is 10.1. The van der Waals surface area contributed by atoms with Crippen LogP contribution in [-0.2, 0) is 4.74 Å². The lowest BCUT2D eigenvalue weighted by Gasteiger charge is -2.12. The first kappa shape index (κ1) is 11.1. The van der Waals surface area contributed by atoms with Crippen molar-refractivity contribution in [2.75, 3.05) is 5.32 Å². The number of rotatable bonds is 2. The highest BCUT2D eigenvalue weighted by atomic mass is 16.6. The van der Waals surface area contributed by atoms with Crippen LogP contribution in [0.5, 0.6) is 0 Å². The first-order valence-electron chi connectivity index (χ1n) is 6.36. The van der Waals surface area contributed by atoms with Crippen LogP contribution in [0.1, 0.15) is 25.7 Å². The van der Waals surface area contributed by atoms with Gasteiger partial charge in [-0.05, 0) is 49.3 Å². The van der Waals surface area contributed by atoms with Crippen LogP contribution in [0.4, 0.5) is 10.5 Å². The monoisotopic (exact) mass is 244 g/mol. The molecule has 0 spiro atoms. The van der Waals surface area contributed by atoms with Crippen LogP contribution < -0.4 is 5.32 Å². The molecule has 3 rings (SSSR count). The van der Waals surface area contributed by atoms with Gasteiger partial charge in [-0.15, -0.1) is 0 Å². The summed E-state index contributed by atoms with van der Waals surface area (Å²) in [6.07, 6.45) is 5.92. The minimum absolute atomic E-state index is 0.0965. The third kappa shape index (κ3) is 2.32. The van der Waals surface area contributed by atoms with E-state index in [1.807, 2.05) is 30.5 Å². The molecule has 0 bridgehead atoms. The molecule has 0 atom stereocenters. The van der Waals surface area contributed by atoms with Gasteiger partial charge in [0.25, 0.3) is 0 Å².